The number of carbonyl (C=O) groups is 2. The van der Waals surface area contributed by atoms with Gasteiger partial charge in [0.15, 0.2) is 0 Å². The molecule has 0 saturated heterocycles. The standard InChI is InChI=1S/C16H18ClNO3/c17-13-4-2-1-3-10(13)9-16(5-6-16)15(21)18-12-7-11(8-12)14(19)20/h1-4,11-12H,5-9H2,(H,18,21)(H,19,20). The molecule has 21 heavy (non-hydrogen) atoms. The van der Waals surface area contributed by atoms with E-state index in [1.165, 1.54) is 0 Å². The first-order chi connectivity index (χ1) is 10.00. The third-order valence-electron chi connectivity index (χ3n) is 4.64. The Kier molecular flexibility index (Phi) is 3.66. The van der Waals surface area contributed by atoms with Crippen molar-refractivity contribution in [3.8, 4) is 0 Å². The van der Waals surface area contributed by atoms with E-state index >= 15 is 0 Å². The first kappa shape index (κ1) is 14.4. The topological polar surface area (TPSA) is 66.4 Å². The number of hydrogen-bond donors (Lipinski definition) is 2. The number of aliphatic carboxylic acids is 1. The minimum Gasteiger partial charge on any atom is -0.481 e. The van der Waals surface area contributed by atoms with E-state index in [-0.39, 0.29) is 23.3 Å². The molecule has 1 aromatic carbocycles. The number of benzene rings is 1. The molecule has 0 bridgehead atoms. The summed E-state index contributed by atoms with van der Waals surface area (Å²) in [6.07, 6.45) is 3.50. The SMILES string of the molecule is O=C(O)C1CC(NC(=O)C2(Cc3ccccc3Cl)CC2)C1. The van der Waals surface area contributed by atoms with Crippen molar-refractivity contribution < 1.29 is 14.7 Å². The molecule has 0 aromatic heterocycles. The molecule has 3 rings (SSSR count). The Hall–Kier alpha value is -1.55. The van der Waals surface area contributed by atoms with Gasteiger partial charge in [-0.3, -0.25) is 9.59 Å². The zero-order chi connectivity index (χ0) is 15.0. The predicted molar refractivity (Wildman–Crippen MR) is 79.1 cm³/mol. The van der Waals surface area contributed by atoms with Crippen molar-refractivity contribution in [1.29, 1.82) is 0 Å². The minimum atomic E-state index is -0.766. The maximum Gasteiger partial charge on any atom is 0.306 e. The number of rotatable bonds is 5. The molecule has 2 saturated carbocycles. The summed E-state index contributed by atoms with van der Waals surface area (Å²) >= 11 is 6.16. The Morgan fingerprint density at radius 2 is 1.95 bits per heavy atom. The van der Waals surface area contributed by atoms with Crippen LogP contribution in [0.15, 0.2) is 24.3 Å². The second-order valence-electron chi connectivity index (χ2n) is 6.23. The molecule has 112 valence electrons. The molecule has 0 radical (unpaired) electrons. The van der Waals surface area contributed by atoms with Crippen LogP contribution in [0.4, 0.5) is 0 Å². The van der Waals surface area contributed by atoms with Crippen molar-refractivity contribution in [2.45, 2.75) is 38.1 Å². The van der Waals surface area contributed by atoms with E-state index in [0.29, 0.717) is 24.3 Å². The van der Waals surface area contributed by atoms with Crippen LogP contribution in [-0.4, -0.2) is 23.0 Å². The molecule has 2 aliphatic carbocycles. The molecular formula is C16H18ClNO3. The number of nitrogens with one attached hydrogen (secondary N) is 1. The third-order valence-corrected chi connectivity index (χ3v) is 5.01. The van der Waals surface area contributed by atoms with Crippen LogP contribution in [0.5, 0.6) is 0 Å². The average Bonchev–Trinajstić information content (AvgIpc) is 3.16. The van der Waals surface area contributed by atoms with Crippen LogP contribution in [0, 0.1) is 11.3 Å². The summed E-state index contributed by atoms with van der Waals surface area (Å²) in [5.41, 5.74) is 0.670. The van der Waals surface area contributed by atoms with Crippen molar-refractivity contribution in [2.75, 3.05) is 0 Å². The van der Waals surface area contributed by atoms with Crippen LogP contribution < -0.4 is 5.32 Å². The molecule has 2 N–H and O–H groups in total. The second kappa shape index (κ2) is 5.34. The van der Waals surface area contributed by atoms with E-state index in [1.54, 1.807) is 0 Å². The van der Waals surface area contributed by atoms with Gasteiger partial charge in [0.2, 0.25) is 5.91 Å². The lowest BCUT2D eigenvalue weighted by molar-refractivity contribution is -0.146. The van der Waals surface area contributed by atoms with Crippen LogP contribution >= 0.6 is 11.6 Å². The highest BCUT2D eigenvalue weighted by Crippen LogP contribution is 2.49. The first-order valence-corrected chi connectivity index (χ1v) is 7.65. The summed E-state index contributed by atoms with van der Waals surface area (Å²) in [7, 11) is 0. The highest BCUT2D eigenvalue weighted by Gasteiger charge is 2.51. The zero-order valence-electron chi connectivity index (χ0n) is 11.6. The number of amides is 1. The molecule has 0 heterocycles. The zero-order valence-corrected chi connectivity index (χ0v) is 12.4. The van der Waals surface area contributed by atoms with E-state index in [1.807, 2.05) is 24.3 Å². The monoisotopic (exact) mass is 307 g/mol. The maximum absolute atomic E-state index is 12.4. The third kappa shape index (κ3) is 2.91. The fourth-order valence-electron chi connectivity index (χ4n) is 2.92. The van der Waals surface area contributed by atoms with Gasteiger partial charge in [0, 0.05) is 11.1 Å². The fourth-order valence-corrected chi connectivity index (χ4v) is 3.12. The van der Waals surface area contributed by atoms with Crippen molar-refractivity contribution in [2.24, 2.45) is 11.3 Å². The molecule has 2 fully saturated rings. The summed E-state index contributed by atoms with van der Waals surface area (Å²) in [6.45, 7) is 0. The lowest BCUT2D eigenvalue weighted by Gasteiger charge is -2.34. The van der Waals surface area contributed by atoms with Crippen molar-refractivity contribution >= 4 is 23.5 Å². The quantitative estimate of drug-likeness (QED) is 0.879. The molecule has 2 aliphatic rings. The molecule has 0 aliphatic heterocycles. The van der Waals surface area contributed by atoms with Gasteiger partial charge in [0.1, 0.15) is 0 Å². The average molecular weight is 308 g/mol. The summed E-state index contributed by atoms with van der Waals surface area (Å²) in [5.74, 6) is -1.01. The van der Waals surface area contributed by atoms with Crippen molar-refractivity contribution in [3.63, 3.8) is 0 Å². The van der Waals surface area contributed by atoms with Gasteiger partial charge in [-0.25, -0.2) is 0 Å². The molecule has 4 nitrogen and oxygen atoms in total. The number of carboxylic acid groups (broad SMARTS) is 1. The minimum absolute atomic E-state index is 0.0160. The van der Waals surface area contributed by atoms with Gasteiger partial charge in [0.25, 0.3) is 0 Å². The van der Waals surface area contributed by atoms with E-state index in [0.717, 1.165) is 18.4 Å². The van der Waals surface area contributed by atoms with E-state index in [9.17, 15) is 9.59 Å². The number of carboxylic acids is 1. The Bertz CT molecular complexity index is 577. The molecule has 0 unspecified atom stereocenters. The summed E-state index contributed by atoms with van der Waals surface area (Å²) < 4.78 is 0. The summed E-state index contributed by atoms with van der Waals surface area (Å²) in [4.78, 5) is 23.2. The maximum atomic E-state index is 12.4. The van der Waals surface area contributed by atoms with Gasteiger partial charge < -0.3 is 10.4 Å². The molecule has 0 atom stereocenters. The number of carbonyl (C=O) groups excluding carboxylic acids is 1. The van der Waals surface area contributed by atoms with E-state index < -0.39 is 5.97 Å². The molecule has 1 aromatic rings. The normalized spacial score (nSPS) is 25.8. The predicted octanol–water partition coefficient (Wildman–Crippen LogP) is 2.64. The Morgan fingerprint density at radius 1 is 1.29 bits per heavy atom. The fraction of sp³-hybridized carbons (Fsp3) is 0.500. The van der Waals surface area contributed by atoms with Crippen LogP contribution in [0.3, 0.4) is 0 Å². The molecular weight excluding hydrogens is 290 g/mol. The Morgan fingerprint density at radius 3 is 2.52 bits per heavy atom. The van der Waals surface area contributed by atoms with Gasteiger partial charge in [-0.05, 0) is 43.7 Å². The van der Waals surface area contributed by atoms with Crippen LogP contribution in [0.2, 0.25) is 5.02 Å². The van der Waals surface area contributed by atoms with Crippen LogP contribution in [-0.2, 0) is 16.0 Å². The molecule has 5 heteroatoms. The summed E-state index contributed by atoms with van der Waals surface area (Å²) in [5, 5.41) is 12.6. The van der Waals surface area contributed by atoms with Crippen LogP contribution in [0.1, 0.15) is 31.2 Å². The van der Waals surface area contributed by atoms with Crippen molar-refractivity contribution in [1.82, 2.24) is 5.32 Å². The first-order valence-electron chi connectivity index (χ1n) is 7.27. The lowest BCUT2D eigenvalue weighted by Crippen LogP contribution is -2.49. The van der Waals surface area contributed by atoms with Gasteiger partial charge in [-0.1, -0.05) is 29.8 Å². The van der Waals surface area contributed by atoms with Gasteiger partial charge in [-0.15, -0.1) is 0 Å². The Labute approximate surface area is 128 Å². The van der Waals surface area contributed by atoms with Gasteiger partial charge in [0.05, 0.1) is 11.3 Å². The molecule has 0 spiro atoms. The largest absolute Gasteiger partial charge is 0.481 e. The smallest absolute Gasteiger partial charge is 0.306 e. The van der Waals surface area contributed by atoms with E-state index in [2.05, 4.69) is 5.32 Å². The Balaban J connectivity index is 1.58. The van der Waals surface area contributed by atoms with E-state index in [4.69, 9.17) is 16.7 Å². The van der Waals surface area contributed by atoms with Gasteiger partial charge >= 0.3 is 5.97 Å². The lowest BCUT2D eigenvalue weighted by atomic mass is 9.80. The molecule has 1 amide bonds. The van der Waals surface area contributed by atoms with Crippen LogP contribution in [0.25, 0.3) is 0 Å². The number of hydrogen-bond acceptors (Lipinski definition) is 2. The summed E-state index contributed by atoms with van der Waals surface area (Å²) in [6, 6.07) is 7.63. The van der Waals surface area contributed by atoms with Gasteiger partial charge in [-0.2, -0.15) is 0 Å². The highest BCUT2D eigenvalue weighted by molar-refractivity contribution is 6.31. The van der Waals surface area contributed by atoms with Crippen molar-refractivity contribution in [3.05, 3.63) is 34.9 Å². The highest BCUT2D eigenvalue weighted by atomic mass is 35.5. The number of halogens is 1. The second-order valence-corrected chi connectivity index (χ2v) is 6.63.